The molecule has 2 amide bonds. The van der Waals surface area contributed by atoms with Crippen LogP contribution in [0.2, 0.25) is 0 Å². The zero-order valence-electron chi connectivity index (χ0n) is 15.5. The highest BCUT2D eigenvalue weighted by molar-refractivity contribution is 6.42. The van der Waals surface area contributed by atoms with E-state index >= 15 is 0 Å². The van der Waals surface area contributed by atoms with Crippen LogP contribution in [0.15, 0.2) is 41.3 Å². The van der Waals surface area contributed by atoms with Gasteiger partial charge in [0.1, 0.15) is 0 Å². The molecule has 0 aliphatic carbocycles. The molecule has 2 aromatic rings. The smallest absolute Gasteiger partial charge is 0.294 e. The molecule has 1 fully saturated rings. The number of likely N-dealkylation sites (N-methyl/N-ethyl adjacent to an activating group) is 1. The van der Waals surface area contributed by atoms with Gasteiger partial charge in [0.25, 0.3) is 11.7 Å². The number of rotatable bonds is 7. The second-order valence-electron chi connectivity index (χ2n) is 6.71. The second-order valence-corrected chi connectivity index (χ2v) is 6.71. The van der Waals surface area contributed by atoms with Crippen LogP contribution in [0.5, 0.6) is 0 Å². The number of hydrogen-bond acceptors (Lipinski definition) is 5. The topological polar surface area (TPSA) is 96.6 Å². The van der Waals surface area contributed by atoms with Gasteiger partial charge in [-0.05, 0) is 31.5 Å². The molecule has 0 unspecified atom stereocenters. The van der Waals surface area contributed by atoms with Gasteiger partial charge in [0.2, 0.25) is 5.91 Å². The fraction of sp³-hybridized carbons (Fsp3) is 0.421. The summed E-state index contributed by atoms with van der Waals surface area (Å²) in [7, 11) is 1.72. The van der Waals surface area contributed by atoms with Crippen LogP contribution >= 0.6 is 0 Å². The van der Waals surface area contributed by atoms with Gasteiger partial charge in [-0.3, -0.25) is 19.3 Å². The van der Waals surface area contributed by atoms with Crippen molar-refractivity contribution in [3.63, 3.8) is 0 Å². The lowest BCUT2D eigenvalue weighted by atomic mass is 10.1. The number of carbonyl (C=O) groups is 3. The molecule has 27 heavy (non-hydrogen) atoms. The molecule has 1 saturated heterocycles. The van der Waals surface area contributed by atoms with Crippen LogP contribution in [0.4, 0.5) is 0 Å². The number of aromatic nitrogens is 1. The standard InChI is InChI=1S/C19H24N4O4/c1-3-20-18(25)16-9-14(11-23(16)10-13-6-8-27-12-13)21-19(26)17(24)15-5-4-7-22(15)2/h4-8,12,14,16H,3,9-11H2,1-2H3,(H,20,25)(H,21,26)/t14-,16+/m1/s1. The predicted molar refractivity (Wildman–Crippen MR) is 97.9 cm³/mol. The van der Waals surface area contributed by atoms with Crippen molar-refractivity contribution in [1.29, 1.82) is 0 Å². The molecule has 1 aliphatic heterocycles. The number of carbonyl (C=O) groups excluding carboxylic acids is 3. The highest BCUT2D eigenvalue weighted by Crippen LogP contribution is 2.21. The van der Waals surface area contributed by atoms with Gasteiger partial charge in [-0.2, -0.15) is 0 Å². The molecule has 2 N–H and O–H groups in total. The first-order valence-electron chi connectivity index (χ1n) is 8.99. The summed E-state index contributed by atoms with van der Waals surface area (Å²) in [5.74, 6) is -1.31. The number of nitrogens with one attached hydrogen (secondary N) is 2. The Kier molecular flexibility index (Phi) is 5.75. The Labute approximate surface area is 157 Å². The zero-order chi connectivity index (χ0) is 19.4. The normalized spacial score (nSPS) is 19.8. The van der Waals surface area contributed by atoms with Crippen molar-refractivity contribution >= 4 is 17.6 Å². The molecule has 0 radical (unpaired) electrons. The van der Waals surface area contributed by atoms with Gasteiger partial charge in [-0.1, -0.05) is 0 Å². The lowest BCUT2D eigenvalue weighted by Crippen LogP contribution is -2.42. The first-order valence-corrected chi connectivity index (χ1v) is 8.99. The number of ketones is 1. The Morgan fingerprint density at radius 2 is 2.11 bits per heavy atom. The number of furan rings is 1. The van der Waals surface area contributed by atoms with Crippen molar-refractivity contribution in [1.82, 2.24) is 20.1 Å². The summed E-state index contributed by atoms with van der Waals surface area (Å²) >= 11 is 0. The third-order valence-electron chi connectivity index (χ3n) is 4.74. The maximum absolute atomic E-state index is 12.4. The van der Waals surface area contributed by atoms with Crippen LogP contribution in [-0.2, 0) is 23.2 Å². The maximum atomic E-state index is 12.4. The Morgan fingerprint density at radius 3 is 2.74 bits per heavy atom. The Balaban J connectivity index is 1.67. The number of aryl methyl sites for hydroxylation is 1. The van der Waals surface area contributed by atoms with E-state index in [4.69, 9.17) is 4.42 Å². The number of hydrogen-bond donors (Lipinski definition) is 2. The van der Waals surface area contributed by atoms with Crippen LogP contribution in [0.3, 0.4) is 0 Å². The summed E-state index contributed by atoms with van der Waals surface area (Å²) < 4.78 is 6.71. The largest absolute Gasteiger partial charge is 0.472 e. The van der Waals surface area contributed by atoms with Gasteiger partial charge in [-0.15, -0.1) is 0 Å². The predicted octanol–water partition coefficient (Wildman–Crippen LogP) is 0.696. The quantitative estimate of drug-likeness (QED) is 0.551. The van der Waals surface area contributed by atoms with Crippen molar-refractivity contribution < 1.29 is 18.8 Å². The first kappa shape index (κ1) is 18.9. The number of Topliss-reactive ketones (excluding diaryl/α,β-unsaturated/α-hetero) is 1. The highest BCUT2D eigenvalue weighted by atomic mass is 16.3. The van der Waals surface area contributed by atoms with Crippen LogP contribution in [0, 0.1) is 0 Å². The zero-order valence-corrected chi connectivity index (χ0v) is 15.5. The summed E-state index contributed by atoms with van der Waals surface area (Å²) in [4.78, 5) is 39.1. The minimum absolute atomic E-state index is 0.0773. The average Bonchev–Trinajstić information content (AvgIpc) is 3.37. The molecule has 3 heterocycles. The summed E-state index contributed by atoms with van der Waals surface area (Å²) in [5, 5.41) is 5.62. The van der Waals surface area contributed by atoms with Crippen molar-refractivity contribution in [2.24, 2.45) is 7.05 Å². The van der Waals surface area contributed by atoms with E-state index in [0.29, 0.717) is 31.7 Å². The van der Waals surface area contributed by atoms with Gasteiger partial charge in [0.05, 0.1) is 24.3 Å². The van der Waals surface area contributed by atoms with E-state index in [1.807, 2.05) is 17.9 Å². The van der Waals surface area contributed by atoms with E-state index in [-0.39, 0.29) is 18.0 Å². The van der Waals surface area contributed by atoms with Crippen molar-refractivity contribution in [3.05, 3.63) is 48.2 Å². The number of nitrogens with zero attached hydrogens (tertiary/aromatic N) is 2. The van der Waals surface area contributed by atoms with E-state index in [1.54, 1.807) is 42.5 Å². The van der Waals surface area contributed by atoms with E-state index < -0.39 is 11.7 Å². The van der Waals surface area contributed by atoms with Crippen LogP contribution in [0.1, 0.15) is 29.4 Å². The van der Waals surface area contributed by atoms with Crippen molar-refractivity contribution in [3.8, 4) is 0 Å². The Hall–Kier alpha value is -2.87. The van der Waals surface area contributed by atoms with Crippen molar-refractivity contribution in [2.45, 2.75) is 32.0 Å². The molecule has 0 spiro atoms. The van der Waals surface area contributed by atoms with E-state index in [1.165, 1.54) is 0 Å². The van der Waals surface area contributed by atoms with Crippen LogP contribution < -0.4 is 10.6 Å². The highest BCUT2D eigenvalue weighted by Gasteiger charge is 2.38. The Morgan fingerprint density at radius 1 is 1.30 bits per heavy atom. The Bertz CT molecular complexity index is 812. The second kappa shape index (κ2) is 8.22. The fourth-order valence-electron chi connectivity index (χ4n) is 3.43. The minimum Gasteiger partial charge on any atom is -0.472 e. The molecule has 8 heteroatoms. The molecule has 0 aromatic carbocycles. The fourth-order valence-corrected chi connectivity index (χ4v) is 3.43. The molecule has 144 valence electrons. The van der Waals surface area contributed by atoms with Gasteiger partial charge in [-0.25, -0.2) is 0 Å². The number of likely N-dealkylation sites (tertiary alicyclic amines) is 1. The molecule has 0 bridgehead atoms. The molecule has 3 rings (SSSR count). The molecular formula is C19H24N4O4. The van der Waals surface area contributed by atoms with Crippen LogP contribution in [0.25, 0.3) is 0 Å². The molecule has 2 aromatic heterocycles. The summed E-state index contributed by atoms with van der Waals surface area (Å²) in [6.45, 7) is 3.43. The molecule has 0 saturated carbocycles. The average molecular weight is 372 g/mol. The van der Waals surface area contributed by atoms with E-state index in [0.717, 1.165) is 5.56 Å². The monoisotopic (exact) mass is 372 g/mol. The van der Waals surface area contributed by atoms with Crippen LogP contribution in [-0.4, -0.2) is 52.2 Å². The third-order valence-corrected chi connectivity index (χ3v) is 4.74. The number of amides is 2. The molecule has 1 aliphatic rings. The summed E-state index contributed by atoms with van der Waals surface area (Å²) in [6.07, 6.45) is 5.40. The van der Waals surface area contributed by atoms with Gasteiger partial charge >= 0.3 is 0 Å². The SMILES string of the molecule is CCNC(=O)[C@@H]1C[C@@H](NC(=O)C(=O)c2cccn2C)CN1Cc1ccoc1. The third kappa shape index (κ3) is 4.28. The minimum atomic E-state index is -0.651. The van der Waals surface area contributed by atoms with E-state index in [2.05, 4.69) is 10.6 Å². The summed E-state index contributed by atoms with van der Waals surface area (Å²) in [5.41, 5.74) is 1.29. The van der Waals surface area contributed by atoms with Crippen molar-refractivity contribution in [2.75, 3.05) is 13.1 Å². The maximum Gasteiger partial charge on any atom is 0.294 e. The van der Waals surface area contributed by atoms with E-state index in [9.17, 15) is 14.4 Å². The lowest BCUT2D eigenvalue weighted by molar-refractivity contribution is -0.125. The summed E-state index contributed by atoms with van der Waals surface area (Å²) in [6, 6.07) is 4.53. The lowest BCUT2D eigenvalue weighted by Gasteiger charge is -2.22. The van der Waals surface area contributed by atoms with Gasteiger partial charge in [0.15, 0.2) is 0 Å². The molecular weight excluding hydrogens is 348 g/mol. The van der Waals surface area contributed by atoms with Gasteiger partial charge < -0.3 is 19.6 Å². The molecule has 8 nitrogen and oxygen atoms in total. The molecule has 2 atom stereocenters. The van der Waals surface area contributed by atoms with Gasteiger partial charge in [0, 0.05) is 44.5 Å². The first-order chi connectivity index (χ1) is 13.0.